The Kier molecular flexibility index (Phi) is 17.2. The monoisotopic (exact) mass is 652 g/mol. The predicted octanol–water partition coefficient (Wildman–Crippen LogP) is 8.27. The summed E-state index contributed by atoms with van der Waals surface area (Å²) in [6.07, 6.45) is 16.0. The van der Waals surface area contributed by atoms with E-state index in [2.05, 4.69) is 48.0 Å². The molecule has 0 aliphatic heterocycles. The van der Waals surface area contributed by atoms with Gasteiger partial charge in [0.25, 0.3) is 10.3 Å². The molecule has 0 aliphatic carbocycles. The van der Waals surface area contributed by atoms with Gasteiger partial charge in [0.1, 0.15) is 5.75 Å². The van der Waals surface area contributed by atoms with Gasteiger partial charge in [0, 0.05) is 5.69 Å². The molecule has 0 radical (unpaired) electrons. The van der Waals surface area contributed by atoms with Crippen molar-refractivity contribution >= 4 is 31.3 Å². The smallest absolute Gasteiger partial charge is 0.253 e. The number of phenols is 1. The van der Waals surface area contributed by atoms with Crippen molar-refractivity contribution in [1.29, 1.82) is 0 Å². The van der Waals surface area contributed by atoms with Crippen molar-refractivity contribution < 1.29 is 21.9 Å². The topological polar surface area (TPSA) is 139 Å². The Morgan fingerprint density at radius 1 is 0.568 bits per heavy atom. The van der Waals surface area contributed by atoms with Crippen LogP contribution in [0.1, 0.15) is 142 Å². The van der Waals surface area contributed by atoms with Crippen LogP contribution >= 0.6 is 0 Å². The third-order valence-electron chi connectivity index (χ3n) is 7.81. The maximum Gasteiger partial charge on any atom is 0.253 e. The van der Waals surface area contributed by atoms with E-state index in [4.69, 9.17) is 0 Å². The maximum absolute atomic E-state index is 13.3. The van der Waals surface area contributed by atoms with Crippen LogP contribution in [0.3, 0.4) is 0 Å². The standard InChI is InChI=1S/C33H56N4O5S2/c1-5-9-13-15-17-19-23-43(39,40)32-35-31(36-33(37-32)44(41,42)24-20-18-16-14-10-6-2)34-29-25-27(21-11-7-3)30(38)28(26-29)22-12-8-4/h25-26,38H,5-24H2,1-4H3,(H,34,35,36,37). The molecule has 0 spiro atoms. The van der Waals surface area contributed by atoms with Crippen molar-refractivity contribution in [3.05, 3.63) is 23.3 Å². The first-order valence-corrected chi connectivity index (χ1v) is 20.2. The van der Waals surface area contributed by atoms with Crippen molar-refractivity contribution in [1.82, 2.24) is 15.0 Å². The highest BCUT2D eigenvalue weighted by Crippen LogP contribution is 2.31. The van der Waals surface area contributed by atoms with E-state index >= 15 is 0 Å². The summed E-state index contributed by atoms with van der Waals surface area (Å²) < 4.78 is 53.4. The number of hydrogen-bond acceptors (Lipinski definition) is 9. The highest BCUT2D eigenvalue weighted by molar-refractivity contribution is 7.91. The number of unbranched alkanes of at least 4 members (excludes halogenated alkanes) is 12. The van der Waals surface area contributed by atoms with Crippen molar-refractivity contribution in [3.63, 3.8) is 0 Å². The zero-order valence-corrected chi connectivity index (χ0v) is 29.2. The van der Waals surface area contributed by atoms with Gasteiger partial charge in [-0.25, -0.2) is 16.8 Å². The first-order valence-electron chi connectivity index (χ1n) is 16.9. The van der Waals surface area contributed by atoms with Gasteiger partial charge in [-0.05, 0) is 61.8 Å². The number of anilines is 2. The fraction of sp³-hybridized carbons (Fsp3) is 0.727. The maximum atomic E-state index is 13.3. The van der Waals surface area contributed by atoms with E-state index in [1.54, 1.807) is 12.1 Å². The first-order chi connectivity index (χ1) is 21.1. The number of hydrogen-bond donors (Lipinski definition) is 2. The number of aromatic hydroxyl groups is 1. The summed E-state index contributed by atoms with van der Waals surface area (Å²) in [5.74, 6) is -0.156. The minimum Gasteiger partial charge on any atom is -0.507 e. The van der Waals surface area contributed by atoms with Crippen LogP contribution in [0.4, 0.5) is 11.6 Å². The van der Waals surface area contributed by atoms with E-state index in [-0.39, 0.29) is 23.2 Å². The second-order valence-corrected chi connectivity index (χ2v) is 15.9. The Morgan fingerprint density at radius 2 is 0.955 bits per heavy atom. The first kappa shape index (κ1) is 37.9. The van der Waals surface area contributed by atoms with Crippen LogP contribution in [0.2, 0.25) is 0 Å². The molecule has 11 heteroatoms. The second kappa shape index (κ2) is 20.0. The Labute approximate surface area is 267 Å². The molecule has 0 fully saturated rings. The number of aromatic nitrogens is 3. The average Bonchev–Trinajstić information content (AvgIpc) is 2.99. The van der Waals surface area contributed by atoms with Crippen LogP contribution in [-0.2, 0) is 32.5 Å². The van der Waals surface area contributed by atoms with E-state index in [9.17, 15) is 21.9 Å². The van der Waals surface area contributed by atoms with Crippen molar-refractivity contribution in [3.8, 4) is 5.75 Å². The number of rotatable bonds is 24. The second-order valence-electron chi connectivity index (χ2n) is 11.9. The van der Waals surface area contributed by atoms with E-state index in [0.717, 1.165) is 101 Å². The molecule has 0 amide bonds. The third-order valence-corrected chi connectivity index (χ3v) is 10.9. The molecule has 1 heterocycles. The van der Waals surface area contributed by atoms with Gasteiger partial charge in [0.15, 0.2) is 0 Å². The molecule has 0 atom stereocenters. The molecule has 1 aromatic heterocycles. The van der Waals surface area contributed by atoms with Crippen molar-refractivity contribution in [2.75, 3.05) is 16.8 Å². The van der Waals surface area contributed by atoms with Crippen molar-refractivity contribution in [2.45, 2.75) is 154 Å². The summed E-state index contributed by atoms with van der Waals surface area (Å²) in [6, 6.07) is 3.61. The van der Waals surface area contributed by atoms with Crippen LogP contribution in [-0.4, -0.2) is 48.4 Å². The Hall–Kier alpha value is -2.27. The number of phenolic OH excluding ortho intramolecular Hbond substituents is 1. The molecule has 9 nitrogen and oxygen atoms in total. The number of aryl methyl sites for hydroxylation is 2. The number of nitrogens with zero attached hydrogens (tertiary/aromatic N) is 3. The molecule has 250 valence electrons. The van der Waals surface area contributed by atoms with E-state index in [1.807, 2.05) is 0 Å². The lowest BCUT2D eigenvalue weighted by Crippen LogP contribution is -2.19. The highest BCUT2D eigenvalue weighted by Gasteiger charge is 2.26. The zero-order valence-electron chi connectivity index (χ0n) is 27.5. The molecule has 0 saturated heterocycles. The van der Waals surface area contributed by atoms with Gasteiger partial charge < -0.3 is 10.4 Å². The van der Waals surface area contributed by atoms with Gasteiger partial charge in [0.05, 0.1) is 11.5 Å². The van der Waals surface area contributed by atoms with Crippen LogP contribution in [0.15, 0.2) is 22.4 Å². The molecule has 0 saturated carbocycles. The van der Waals surface area contributed by atoms with Crippen molar-refractivity contribution in [2.24, 2.45) is 0 Å². The molecule has 0 aliphatic rings. The van der Waals surface area contributed by atoms with Crippen LogP contribution in [0.5, 0.6) is 5.75 Å². The molecular formula is C33H56N4O5S2. The zero-order chi connectivity index (χ0) is 32.4. The lowest BCUT2D eigenvalue weighted by molar-refractivity contribution is 0.459. The van der Waals surface area contributed by atoms with E-state index in [0.29, 0.717) is 31.4 Å². The summed E-state index contributed by atoms with van der Waals surface area (Å²) in [7, 11) is -7.88. The van der Waals surface area contributed by atoms with Gasteiger partial charge >= 0.3 is 0 Å². The SMILES string of the molecule is CCCCCCCCS(=O)(=O)c1nc(Nc2cc(CCCC)c(O)c(CCCC)c2)nc(S(=O)(=O)CCCCCCCC)n1. The molecule has 1 aromatic carbocycles. The quantitative estimate of drug-likeness (QED) is 0.0847. The minimum absolute atomic E-state index is 0.128. The summed E-state index contributed by atoms with van der Waals surface area (Å²) in [5, 5.41) is 13.0. The Bertz CT molecular complexity index is 1250. The highest BCUT2D eigenvalue weighted by atomic mass is 32.2. The molecule has 2 rings (SSSR count). The predicted molar refractivity (Wildman–Crippen MR) is 179 cm³/mol. The lowest BCUT2D eigenvalue weighted by Gasteiger charge is -2.15. The van der Waals surface area contributed by atoms with E-state index < -0.39 is 30.0 Å². The fourth-order valence-electron chi connectivity index (χ4n) is 5.08. The van der Waals surface area contributed by atoms with Gasteiger partial charge in [-0.3, -0.25) is 0 Å². The Balaban J connectivity index is 2.43. The third kappa shape index (κ3) is 13.0. The molecule has 44 heavy (non-hydrogen) atoms. The number of benzene rings is 1. The van der Waals surface area contributed by atoms with Crippen LogP contribution in [0, 0.1) is 0 Å². The normalized spacial score (nSPS) is 12.1. The number of nitrogens with one attached hydrogen (secondary N) is 1. The van der Waals surface area contributed by atoms with Gasteiger partial charge in [-0.1, -0.05) is 105 Å². The molecule has 2 aromatic rings. The molecule has 2 N–H and O–H groups in total. The summed E-state index contributed by atoms with van der Waals surface area (Å²) in [4.78, 5) is 12.5. The average molecular weight is 653 g/mol. The minimum atomic E-state index is -3.94. The largest absolute Gasteiger partial charge is 0.507 e. The van der Waals surface area contributed by atoms with Crippen LogP contribution in [0.25, 0.3) is 0 Å². The molecule has 0 unspecified atom stereocenters. The summed E-state index contributed by atoms with van der Waals surface area (Å²) >= 11 is 0. The Morgan fingerprint density at radius 3 is 1.36 bits per heavy atom. The summed E-state index contributed by atoms with van der Waals surface area (Å²) in [6.45, 7) is 8.43. The fourth-order valence-corrected chi connectivity index (χ4v) is 7.57. The van der Waals surface area contributed by atoms with Crippen LogP contribution < -0.4 is 5.32 Å². The summed E-state index contributed by atoms with van der Waals surface area (Å²) in [5.41, 5.74) is 2.14. The lowest BCUT2D eigenvalue weighted by atomic mass is 9.99. The number of sulfone groups is 2. The van der Waals surface area contributed by atoms with E-state index in [1.165, 1.54) is 0 Å². The van der Waals surface area contributed by atoms with Gasteiger partial charge in [0.2, 0.25) is 25.6 Å². The van der Waals surface area contributed by atoms with Gasteiger partial charge in [-0.15, -0.1) is 0 Å². The molecule has 0 bridgehead atoms. The molecular weight excluding hydrogens is 597 g/mol. The van der Waals surface area contributed by atoms with Gasteiger partial charge in [-0.2, -0.15) is 15.0 Å².